The fourth-order valence-electron chi connectivity index (χ4n) is 4.94. The van der Waals surface area contributed by atoms with E-state index in [9.17, 15) is 14.7 Å². The minimum atomic E-state index is -1.67. The topological polar surface area (TPSA) is 75.6 Å². The van der Waals surface area contributed by atoms with Crippen LogP contribution >= 0.6 is 0 Å². The third-order valence-electron chi connectivity index (χ3n) is 6.80. The molecular formula is C30H29NO4. The molecule has 178 valence electrons. The van der Waals surface area contributed by atoms with Crippen LogP contribution in [0.15, 0.2) is 84.4 Å². The fourth-order valence-corrected chi connectivity index (χ4v) is 4.94. The molecule has 1 aliphatic heterocycles. The molecule has 1 aliphatic carbocycles. The average molecular weight is 468 g/mol. The number of Topliss-reactive ketones (excluding diaryl/α,β-unsaturated/α-hetero) is 1. The van der Waals surface area contributed by atoms with Gasteiger partial charge in [0.15, 0.2) is 11.4 Å². The van der Waals surface area contributed by atoms with Crippen LogP contribution in [0.5, 0.6) is 0 Å². The monoisotopic (exact) mass is 467 g/mol. The molecule has 1 heterocycles. The average Bonchev–Trinajstić information content (AvgIpc) is 2.84. The van der Waals surface area contributed by atoms with Crippen molar-refractivity contribution in [2.24, 2.45) is 0 Å². The van der Waals surface area contributed by atoms with Crippen LogP contribution < -0.4 is 5.32 Å². The summed E-state index contributed by atoms with van der Waals surface area (Å²) in [6.07, 6.45) is 1.72. The second-order valence-electron chi connectivity index (χ2n) is 9.99. The molecule has 5 nitrogen and oxygen atoms in total. The van der Waals surface area contributed by atoms with Crippen LogP contribution in [0.3, 0.4) is 0 Å². The van der Waals surface area contributed by atoms with E-state index in [1.165, 1.54) is 0 Å². The number of benzene rings is 3. The van der Waals surface area contributed by atoms with Gasteiger partial charge >= 0.3 is 0 Å². The van der Waals surface area contributed by atoms with E-state index in [4.69, 9.17) is 4.74 Å². The van der Waals surface area contributed by atoms with E-state index < -0.39 is 5.60 Å². The lowest BCUT2D eigenvalue weighted by atomic mass is 9.72. The second-order valence-corrected chi connectivity index (χ2v) is 9.99. The molecule has 3 aromatic rings. The van der Waals surface area contributed by atoms with Crippen molar-refractivity contribution in [1.82, 2.24) is 0 Å². The molecule has 3 aromatic carbocycles. The maximum absolute atomic E-state index is 13.6. The highest BCUT2D eigenvalue weighted by atomic mass is 16.5. The third kappa shape index (κ3) is 4.52. The Bertz CT molecular complexity index is 1310. The maximum atomic E-state index is 13.6. The van der Waals surface area contributed by atoms with Crippen molar-refractivity contribution in [3.63, 3.8) is 0 Å². The SMILES string of the molecule is CC1(C)CCC2=C(O1)c1ccccc1C(O)(Cc1ccc(NC(=O)Cc3ccccc3)cc1)C2=O. The zero-order valence-electron chi connectivity index (χ0n) is 20.0. The zero-order valence-corrected chi connectivity index (χ0v) is 20.0. The molecule has 2 N–H and O–H groups in total. The first-order chi connectivity index (χ1) is 16.7. The third-order valence-corrected chi connectivity index (χ3v) is 6.80. The molecule has 5 heteroatoms. The lowest BCUT2D eigenvalue weighted by molar-refractivity contribution is -0.135. The standard InChI is InChI=1S/C30H29NO4/c1-29(2)17-16-24-27(35-29)23-10-6-7-11-25(23)30(34,28(24)33)19-21-12-14-22(15-13-21)31-26(32)18-20-8-4-3-5-9-20/h3-15,34H,16-19H2,1-2H3,(H,31,32). The van der Waals surface area contributed by atoms with Crippen molar-refractivity contribution in [1.29, 1.82) is 0 Å². The number of aliphatic hydroxyl groups is 1. The number of carbonyl (C=O) groups excluding carboxylic acids is 2. The lowest BCUT2D eigenvalue weighted by Gasteiger charge is -2.41. The highest BCUT2D eigenvalue weighted by Gasteiger charge is 2.48. The van der Waals surface area contributed by atoms with Gasteiger partial charge in [0.25, 0.3) is 0 Å². The Labute approximate surface area is 205 Å². The van der Waals surface area contributed by atoms with Gasteiger partial charge < -0.3 is 15.2 Å². The largest absolute Gasteiger partial charge is 0.487 e. The number of hydrogen-bond acceptors (Lipinski definition) is 4. The molecule has 0 fully saturated rings. The molecule has 1 atom stereocenters. The number of carbonyl (C=O) groups is 2. The van der Waals surface area contributed by atoms with E-state index in [-0.39, 0.29) is 23.7 Å². The summed E-state index contributed by atoms with van der Waals surface area (Å²) >= 11 is 0. The summed E-state index contributed by atoms with van der Waals surface area (Å²) in [5.41, 5.74) is 2.31. The summed E-state index contributed by atoms with van der Waals surface area (Å²) < 4.78 is 6.22. The van der Waals surface area contributed by atoms with Crippen LogP contribution in [0.2, 0.25) is 0 Å². The lowest BCUT2D eigenvalue weighted by Crippen LogP contribution is -2.45. The first-order valence-electron chi connectivity index (χ1n) is 12.0. The van der Waals surface area contributed by atoms with Crippen LogP contribution in [-0.2, 0) is 32.8 Å². The molecule has 5 rings (SSSR count). The Morgan fingerprint density at radius 1 is 0.943 bits per heavy atom. The number of nitrogens with one attached hydrogen (secondary N) is 1. The van der Waals surface area contributed by atoms with Gasteiger partial charge in [-0.05, 0) is 49.9 Å². The van der Waals surface area contributed by atoms with E-state index in [0.717, 1.165) is 16.7 Å². The van der Waals surface area contributed by atoms with Crippen molar-refractivity contribution in [3.8, 4) is 0 Å². The molecule has 0 saturated heterocycles. The summed E-state index contributed by atoms with van der Waals surface area (Å²) in [4.78, 5) is 26.0. The van der Waals surface area contributed by atoms with Gasteiger partial charge in [0.2, 0.25) is 5.91 Å². The minimum absolute atomic E-state index is 0.0985. The molecule has 2 aliphatic rings. The molecule has 0 bridgehead atoms. The minimum Gasteiger partial charge on any atom is -0.487 e. The van der Waals surface area contributed by atoms with Gasteiger partial charge in [-0.15, -0.1) is 0 Å². The van der Waals surface area contributed by atoms with E-state index in [1.54, 1.807) is 18.2 Å². The Hall–Kier alpha value is -3.70. The number of rotatable bonds is 5. The van der Waals surface area contributed by atoms with Crippen molar-refractivity contribution >= 4 is 23.1 Å². The van der Waals surface area contributed by atoms with Crippen LogP contribution in [-0.4, -0.2) is 22.4 Å². The molecular weight excluding hydrogens is 438 g/mol. The van der Waals surface area contributed by atoms with Gasteiger partial charge in [-0.1, -0.05) is 66.7 Å². The van der Waals surface area contributed by atoms with Crippen LogP contribution in [0.25, 0.3) is 5.76 Å². The predicted molar refractivity (Wildman–Crippen MR) is 136 cm³/mol. The van der Waals surface area contributed by atoms with Gasteiger partial charge in [0.05, 0.1) is 6.42 Å². The normalized spacial score (nSPS) is 20.5. The maximum Gasteiger partial charge on any atom is 0.228 e. The smallest absolute Gasteiger partial charge is 0.228 e. The van der Waals surface area contributed by atoms with Crippen molar-refractivity contribution < 1.29 is 19.4 Å². The van der Waals surface area contributed by atoms with Crippen molar-refractivity contribution in [2.75, 3.05) is 5.32 Å². The van der Waals surface area contributed by atoms with Crippen molar-refractivity contribution in [2.45, 2.75) is 50.7 Å². The summed E-state index contributed by atoms with van der Waals surface area (Å²) in [5, 5.41) is 14.7. The van der Waals surface area contributed by atoms with Crippen LogP contribution in [0.4, 0.5) is 5.69 Å². The summed E-state index contributed by atoms with van der Waals surface area (Å²) in [7, 11) is 0. The Morgan fingerprint density at radius 3 is 2.37 bits per heavy atom. The highest BCUT2D eigenvalue weighted by molar-refractivity contribution is 6.10. The van der Waals surface area contributed by atoms with E-state index in [2.05, 4.69) is 5.32 Å². The van der Waals surface area contributed by atoms with E-state index in [1.807, 2.05) is 74.5 Å². The Morgan fingerprint density at radius 2 is 1.63 bits per heavy atom. The first-order valence-corrected chi connectivity index (χ1v) is 12.0. The van der Waals surface area contributed by atoms with E-state index in [0.29, 0.717) is 41.8 Å². The van der Waals surface area contributed by atoms with Gasteiger partial charge in [0, 0.05) is 28.8 Å². The van der Waals surface area contributed by atoms with Crippen LogP contribution in [0.1, 0.15) is 48.9 Å². The molecule has 0 spiro atoms. The first kappa shape index (κ1) is 23.1. The molecule has 1 amide bonds. The summed E-state index contributed by atoms with van der Waals surface area (Å²) in [5.74, 6) is 0.212. The molecule has 0 saturated carbocycles. The van der Waals surface area contributed by atoms with Gasteiger partial charge in [-0.3, -0.25) is 9.59 Å². The number of ketones is 1. The number of fused-ring (bicyclic) bond motifs is 2. The van der Waals surface area contributed by atoms with Gasteiger partial charge in [-0.25, -0.2) is 0 Å². The van der Waals surface area contributed by atoms with E-state index >= 15 is 0 Å². The van der Waals surface area contributed by atoms with Gasteiger partial charge in [0.1, 0.15) is 11.4 Å². The number of ether oxygens (including phenoxy) is 1. The van der Waals surface area contributed by atoms with Crippen molar-refractivity contribution in [3.05, 3.63) is 107 Å². The number of anilines is 1. The quantitative estimate of drug-likeness (QED) is 0.542. The zero-order chi connectivity index (χ0) is 24.6. The molecule has 1 unspecified atom stereocenters. The Balaban J connectivity index is 1.37. The molecule has 35 heavy (non-hydrogen) atoms. The highest BCUT2D eigenvalue weighted by Crippen LogP contribution is 2.47. The fraction of sp³-hybridized carbons (Fsp3) is 0.267. The van der Waals surface area contributed by atoms with Crippen LogP contribution in [0, 0.1) is 0 Å². The number of amides is 1. The summed E-state index contributed by atoms with van der Waals surface area (Å²) in [6.45, 7) is 4.04. The predicted octanol–water partition coefficient (Wildman–Crippen LogP) is 5.18. The number of hydrogen-bond donors (Lipinski definition) is 2. The molecule has 0 aromatic heterocycles. The second kappa shape index (κ2) is 8.82. The molecule has 0 radical (unpaired) electrons. The Kier molecular flexibility index (Phi) is 5.81. The van der Waals surface area contributed by atoms with Gasteiger partial charge in [-0.2, -0.15) is 0 Å². The summed E-state index contributed by atoms with van der Waals surface area (Å²) in [6, 6.07) is 24.3.